The average Bonchev–Trinajstić information content (AvgIpc) is 1.99. The molecule has 0 fully saturated rings. The van der Waals surface area contributed by atoms with E-state index in [1.54, 1.807) is 0 Å². The summed E-state index contributed by atoms with van der Waals surface area (Å²) in [6, 6.07) is -0.200. The Balaban J connectivity index is 3.48. The summed E-state index contributed by atoms with van der Waals surface area (Å²) in [6.07, 6.45) is -9.04. The number of pyridine rings is 1. The number of halogens is 7. The van der Waals surface area contributed by atoms with Gasteiger partial charge in [-0.1, -0.05) is 0 Å². The molecule has 1 aromatic heterocycles. The molecule has 0 aliphatic carbocycles. The fraction of sp³-hybridized carbons (Fsp3) is 0.286. The normalized spacial score (nSPS) is 12.3. The third-order valence-corrected chi connectivity index (χ3v) is 1.46. The molecule has 0 aromatic carbocycles. The van der Waals surface area contributed by atoms with Crippen LogP contribution in [0.15, 0.2) is 6.07 Å². The fourth-order valence-electron chi connectivity index (χ4n) is 0.941. The minimum atomic E-state index is -5.34. The molecule has 15 heavy (non-hydrogen) atoms. The summed E-state index contributed by atoms with van der Waals surface area (Å²) in [5.41, 5.74) is -4.18. The molecule has 1 rings (SSSR count). The quantitative estimate of drug-likeness (QED) is 0.535. The lowest BCUT2D eigenvalue weighted by Gasteiger charge is -2.11. The molecule has 0 atom stereocenters. The Morgan fingerprint density at radius 1 is 1.13 bits per heavy atom. The van der Waals surface area contributed by atoms with Crippen LogP contribution in [-0.4, -0.2) is 4.98 Å². The summed E-state index contributed by atoms with van der Waals surface area (Å²) in [5, 5.41) is 0. The van der Waals surface area contributed by atoms with Crippen molar-refractivity contribution in [3.63, 3.8) is 0 Å². The van der Waals surface area contributed by atoms with E-state index in [4.69, 9.17) is 0 Å². The van der Waals surface area contributed by atoms with Gasteiger partial charge in [-0.15, -0.1) is 0 Å². The Morgan fingerprint density at radius 3 is 2.07 bits per heavy atom. The van der Waals surface area contributed by atoms with Gasteiger partial charge in [0.15, 0.2) is 0 Å². The molecule has 8 heteroatoms. The van der Waals surface area contributed by atoms with Gasteiger partial charge in [-0.05, 0) is 0 Å². The smallest absolute Gasteiger partial charge is 0.218 e. The van der Waals surface area contributed by atoms with Crippen LogP contribution < -0.4 is 0 Å². The van der Waals surface area contributed by atoms with Gasteiger partial charge in [0.05, 0.1) is 0 Å². The zero-order valence-corrected chi connectivity index (χ0v) is 6.75. The molecule has 1 heterocycles. The standard InChI is InChI=1S/C7H2F7N/c8-2-1-3(9)15-5(6(10)11)4(2)7(12,13)14/h1,6H. The SMILES string of the molecule is Fc1cc(F)c(C(F)(F)F)c(C(F)F)n1. The van der Waals surface area contributed by atoms with Gasteiger partial charge in [-0.3, -0.25) is 0 Å². The van der Waals surface area contributed by atoms with Gasteiger partial charge in [0.1, 0.15) is 17.1 Å². The number of rotatable bonds is 1. The van der Waals surface area contributed by atoms with Crippen molar-refractivity contribution in [1.82, 2.24) is 4.98 Å². The maximum Gasteiger partial charge on any atom is 0.421 e. The molecule has 1 aromatic rings. The Hall–Kier alpha value is -1.34. The van der Waals surface area contributed by atoms with Crippen LogP contribution in [0, 0.1) is 11.8 Å². The molecule has 0 N–H and O–H groups in total. The van der Waals surface area contributed by atoms with Crippen LogP contribution >= 0.6 is 0 Å². The zero-order chi connectivity index (χ0) is 11.8. The predicted molar refractivity (Wildman–Crippen MR) is 34.1 cm³/mol. The Morgan fingerprint density at radius 2 is 1.67 bits per heavy atom. The van der Waals surface area contributed by atoms with Gasteiger partial charge >= 0.3 is 6.18 Å². The molecule has 0 saturated heterocycles. The van der Waals surface area contributed by atoms with Crippen molar-refractivity contribution in [1.29, 1.82) is 0 Å². The van der Waals surface area contributed by atoms with Crippen LogP contribution in [0.3, 0.4) is 0 Å². The molecule has 0 unspecified atom stereocenters. The molecule has 0 aliphatic heterocycles. The van der Waals surface area contributed by atoms with E-state index in [0.29, 0.717) is 0 Å². The van der Waals surface area contributed by atoms with E-state index in [0.717, 1.165) is 0 Å². The van der Waals surface area contributed by atoms with Crippen molar-refractivity contribution in [2.45, 2.75) is 12.6 Å². The van der Waals surface area contributed by atoms with Crippen molar-refractivity contribution >= 4 is 0 Å². The van der Waals surface area contributed by atoms with E-state index in [9.17, 15) is 30.7 Å². The van der Waals surface area contributed by atoms with E-state index in [1.165, 1.54) is 0 Å². The van der Waals surface area contributed by atoms with Gasteiger partial charge in [0, 0.05) is 6.07 Å². The molecule has 0 amide bonds. The van der Waals surface area contributed by atoms with Crippen molar-refractivity contribution in [2.75, 3.05) is 0 Å². The van der Waals surface area contributed by atoms with Crippen LogP contribution in [-0.2, 0) is 6.18 Å². The van der Waals surface area contributed by atoms with Crippen LogP contribution in [0.2, 0.25) is 0 Å². The summed E-state index contributed by atoms with van der Waals surface area (Å²) in [5.74, 6) is -3.83. The van der Waals surface area contributed by atoms with Crippen LogP contribution in [0.25, 0.3) is 0 Å². The van der Waals surface area contributed by atoms with Crippen molar-refractivity contribution in [2.24, 2.45) is 0 Å². The van der Waals surface area contributed by atoms with Crippen molar-refractivity contribution < 1.29 is 30.7 Å². The highest BCUT2D eigenvalue weighted by Gasteiger charge is 2.40. The van der Waals surface area contributed by atoms with Gasteiger partial charge in [-0.2, -0.15) is 17.6 Å². The first-order chi connectivity index (χ1) is 6.73. The largest absolute Gasteiger partial charge is 0.421 e. The third kappa shape index (κ3) is 2.37. The summed E-state index contributed by atoms with van der Waals surface area (Å²) in [4.78, 5) is 2.32. The summed E-state index contributed by atoms with van der Waals surface area (Å²) in [7, 11) is 0. The second-order valence-electron chi connectivity index (χ2n) is 2.49. The van der Waals surface area contributed by atoms with Crippen molar-refractivity contribution in [3.8, 4) is 0 Å². The summed E-state index contributed by atoms with van der Waals surface area (Å²) >= 11 is 0. The fourth-order valence-corrected chi connectivity index (χ4v) is 0.941. The third-order valence-electron chi connectivity index (χ3n) is 1.46. The lowest BCUT2D eigenvalue weighted by atomic mass is 10.2. The first-order valence-corrected chi connectivity index (χ1v) is 3.44. The van der Waals surface area contributed by atoms with Crippen LogP contribution in [0.4, 0.5) is 30.7 Å². The van der Waals surface area contributed by atoms with Crippen LogP contribution in [0.5, 0.6) is 0 Å². The highest BCUT2D eigenvalue weighted by Crippen LogP contribution is 2.37. The minimum Gasteiger partial charge on any atom is -0.218 e. The van der Waals surface area contributed by atoms with E-state index >= 15 is 0 Å². The molecule has 0 spiro atoms. The van der Waals surface area contributed by atoms with E-state index in [2.05, 4.69) is 4.98 Å². The molecule has 0 bridgehead atoms. The topological polar surface area (TPSA) is 12.9 Å². The van der Waals surface area contributed by atoms with E-state index in [1.807, 2.05) is 0 Å². The number of nitrogens with zero attached hydrogens (tertiary/aromatic N) is 1. The number of aromatic nitrogens is 1. The summed E-state index contributed by atoms with van der Waals surface area (Å²) in [6.45, 7) is 0. The first-order valence-electron chi connectivity index (χ1n) is 3.44. The Bertz CT molecular complexity index is 370. The maximum atomic E-state index is 12.6. The minimum absolute atomic E-state index is 0.200. The zero-order valence-electron chi connectivity index (χ0n) is 6.75. The highest BCUT2D eigenvalue weighted by molar-refractivity contribution is 5.26. The number of alkyl halides is 5. The Labute approximate surface area is 78.5 Å². The second kappa shape index (κ2) is 3.67. The first kappa shape index (κ1) is 11.7. The van der Waals surface area contributed by atoms with E-state index < -0.39 is 35.6 Å². The molecular weight excluding hydrogens is 231 g/mol. The lowest BCUT2D eigenvalue weighted by Crippen LogP contribution is -2.15. The van der Waals surface area contributed by atoms with E-state index in [-0.39, 0.29) is 6.07 Å². The molecular formula is C7H2F7N. The summed E-state index contributed by atoms with van der Waals surface area (Å²) < 4.78 is 85.2. The number of hydrogen-bond acceptors (Lipinski definition) is 1. The van der Waals surface area contributed by atoms with Gasteiger partial charge in [0.25, 0.3) is 6.43 Å². The molecule has 1 nitrogen and oxygen atoms in total. The Kier molecular flexibility index (Phi) is 2.87. The highest BCUT2D eigenvalue weighted by atomic mass is 19.4. The predicted octanol–water partition coefficient (Wildman–Crippen LogP) is 3.32. The molecule has 84 valence electrons. The molecule has 0 aliphatic rings. The molecule has 0 saturated carbocycles. The number of hydrogen-bond donors (Lipinski definition) is 0. The van der Waals surface area contributed by atoms with Crippen molar-refractivity contribution in [3.05, 3.63) is 29.1 Å². The van der Waals surface area contributed by atoms with Crippen LogP contribution in [0.1, 0.15) is 17.7 Å². The maximum absolute atomic E-state index is 12.6. The lowest BCUT2D eigenvalue weighted by molar-refractivity contribution is -0.142. The average molecular weight is 233 g/mol. The van der Waals surface area contributed by atoms with Gasteiger partial charge < -0.3 is 0 Å². The van der Waals surface area contributed by atoms with Gasteiger partial charge in [0.2, 0.25) is 5.95 Å². The monoisotopic (exact) mass is 233 g/mol. The molecule has 0 radical (unpaired) electrons. The van der Waals surface area contributed by atoms with Gasteiger partial charge in [-0.25, -0.2) is 18.2 Å². The second-order valence-corrected chi connectivity index (χ2v) is 2.49.